The van der Waals surface area contributed by atoms with Gasteiger partial charge in [-0.25, -0.2) is 0 Å². The molecule has 1 aliphatic rings. The highest BCUT2D eigenvalue weighted by molar-refractivity contribution is 5.82. The number of hydrogen-bond donors (Lipinski definition) is 0. The van der Waals surface area contributed by atoms with Gasteiger partial charge in [0.2, 0.25) is 0 Å². The highest BCUT2D eigenvalue weighted by Crippen LogP contribution is 2.21. The average molecular weight is 167 g/mol. The summed E-state index contributed by atoms with van der Waals surface area (Å²) >= 11 is 0. The third-order valence-corrected chi connectivity index (χ3v) is 2.62. The summed E-state index contributed by atoms with van der Waals surface area (Å²) in [4.78, 5) is 4.73. The lowest BCUT2D eigenvalue weighted by atomic mass is 10.2. The molecule has 1 heteroatoms. The van der Waals surface area contributed by atoms with Crippen molar-refractivity contribution in [2.45, 2.75) is 64.8 Å². The Balaban J connectivity index is 2.23. The van der Waals surface area contributed by atoms with E-state index in [1.165, 1.54) is 50.7 Å². The summed E-state index contributed by atoms with van der Waals surface area (Å²) in [5.41, 5.74) is 1.38. The fraction of sp³-hybridized carbons (Fsp3) is 0.909. The van der Waals surface area contributed by atoms with Crippen molar-refractivity contribution >= 4 is 5.71 Å². The van der Waals surface area contributed by atoms with Crippen LogP contribution in [0.2, 0.25) is 0 Å². The molecule has 70 valence electrons. The Labute approximate surface area is 76.3 Å². The molecule has 1 nitrogen and oxygen atoms in total. The molecule has 0 saturated heterocycles. The van der Waals surface area contributed by atoms with Crippen molar-refractivity contribution in [1.29, 1.82) is 0 Å². The van der Waals surface area contributed by atoms with E-state index in [1.54, 1.807) is 0 Å². The molecule has 0 atom stereocenters. The quantitative estimate of drug-likeness (QED) is 0.567. The van der Waals surface area contributed by atoms with Gasteiger partial charge in [0, 0.05) is 11.8 Å². The van der Waals surface area contributed by atoms with Gasteiger partial charge in [0.1, 0.15) is 0 Å². The first kappa shape index (κ1) is 9.76. The molecule has 12 heavy (non-hydrogen) atoms. The van der Waals surface area contributed by atoms with Crippen molar-refractivity contribution in [2.75, 3.05) is 0 Å². The Bertz CT molecular complexity index is 143. The Morgan fingerprint density at radius 3 is 2.58 bits per heavy atom. The average Bonchev–Trinajstić information content (AvgIpc) is 2.53. The zero-order valence-electron chi connectivity index (χ0n) is 8.47. The lowest BCUT2D eigenvalue weighted by Crippen LogP contribution is -2.01. The highest BCUT2D eigenvalue weighted by atomic mass is 14.8. The SMILES string of the molecule is CCCCC(C)=NC1CCCC1. The van der Waals surface area contributed by atoms with Crippen molar-refractivity contribution in [2.24, 2.45) is 4.99 Å². The van der Waals surface area contributed by atoms with Gasteiger partial charge in [-0.15, -0.1) is 0 Å². The summed E-state index contributed by atoms with van der Waals surface area (Å²) in [5, 5.41) is 0. The molecule has 0 aromatic carbocycles. The second-order valence-electron chi connectivity index (χ2n) is 3.91. The zero-order chi connectivity index (χ0) is 8.81. The predicted octanol–water partition coefficient (Wildman–Crippen LogP) is 3.58. The van der Waals surface area contributed by atoms with Crippen LogP contribution in [0.4, 0.5) is 0 Å². The largest absolute Gasteiger partial charge is 0.291 e. The molecule has 1 saturated carbocycles. The minimum Gasteiger partial charge on any atom is -0.291 e. The van der Waals surface area contributed by atoms with Gasteiger partial charge in [0.05, 0.1) is 0 Å². The number of hydrogen-bond acceptors (Lipinski definition) is 1. The van der Waals surface area contributed by atoms with Crippen LogP contribution in [0.3, 0.4) is 0 Å². The van der Waals surface area contributed by atoms with E-state index in [4.69, 9.17) is 4.99 Å². The van der Waals surface area contributed by atoms with Crippen LogP contribution < -0.4 is 0 Å². The maximum atomic E-state index is 4.73. The van der Waals surface area contributed by atoms with Crippen molar-refractivity contribution < 1.29 is 0 Å². The van der Waals surface area contributed by atoms with E-state index in [-0.39, 0.29) is 0 Å². The van der Waals surface area contributed by atoms with Gasteiger partial charge in [-0.05, 0) is 32.6 Å². The monoisotopic (exact) mass is 167 g/mol. The summed E-state index contributed by atoms with van der Waals surface area (Å²) in [7, 11) is 0. The van der Waals surface area contributed by atoms with Crippen molar-refractivity contribution in [1.82, 2.24) is 0 Å². The Hall–Kier alpha value is -0.330. The molecule has 0 unspecified atom stereocenters. The number of aliphatic imine (C=N–C) groups is 1. The predicted molar refractivity (Wildman–Crippen MR) is 54.9 cm³/mol. The Morgan fingerprint density at radius 2 is 2.00 bits per heavy atom. The van der Waals surface area contributed by atoms with Crippen LogP contribution in [0.15, 0.2) is 4.99 Å². The topological polar surface area (TPSA) is 12.4 Å². The molecular formula is C11H21N. The van der Waals surface area contributed by atoms with Gasteiger partial charge >= 0.3 is 0 Å². The molecule has 0 heterocycles. The van der Waals surface area contributed by atoms with Gasteiger partial charge in [-0.3, -0.25) is 4.99 Å². The molecule has 0 amide bonds. The van der Waals surface area contributed by atoms with Crippen molar-refractivity contribution in [3.8, 4) is 0 Å². The molecule has 1 rings (SSSR count). The minimum atomic E-state index is 0.682. The first-order valence-electron chi connectivity index (χ1n) is 5.36. The summed E-state index contributed by atoms with van der Waals surface area (Å²) in [6.45, 7) is 4.43. The molecule has 0 aromatic rings. The molecule has 1 fully saturated rings. The van der Waals surface area contributed by atoms with Crippen LogP contribution in [-0.2, 0) is 0 Å². The van der Waals surface area contributed by atoms with Gasteiger partial charge in [-0.1, -0.05) is 26.2 Å². The number of rotatable bonds is 4. The molecule has 0 aromatic heterocycles. The maximum absolute atomic E-state index is 4.73. The summed E-state index contributed by atoms with van der Waals surface area (Å²) in [6, 6.07) is 0.682. The normalized spacial score (nSPS) is 20.3. The van der Waals surface area contributed by atoms with Crippen LogP contribution in [0, 0.1) is 0 Å². The number of unbranched alkanes of at least 4 members (excludes halogenated alkanes) is 1. The fourth-order valence-electron chi connectivity index (χ4n) is 1.84. The third kappa shape index (κ3) is 3.38. The highest BCUT2D eigenvalue weighted by Gasteiger charge is 2.12. The van der Waals surface area contributed by atoms with E-state index >= 15 is 0 Å². The second-order valence-corrected chi connectivity index (χ2v) is 3.91. The first-order valence-corrected chi connectivity index (χ1v) is 5.36. The van der Waals surface area contributed by atoms with Crippen LogP contribution in [0.1, 0.15) is 58.8 Å². The number of nitrogens with zero attached hydrogens (tertiary/aromatic N) is 1. The van der Waals surface area contributed by atoms with Gasteiger partial charge in [-0.2, -0.15) is 0 Å². The molecular weight excluding hydrogens is 146 g/mol. The molecule has 0 spiro atoms. The molecule has 0 aliphatic heterocycles. The first-order chi connectivity index (χ1) is 5.83. The smallest absolute Gasteiger partial charge is 0.0498 e. The summed E-state index contributed by atoms with van der Waals surface area (Å²) in [6.07, 6.45) is 9.28. The van der Waals surface area contributed by atoms with Crippen LogP contribution in [-0.4, -0.2) is 11.8 Å². The van der Waals surface area contributed by atoms with Crippen LogP contribution in [0.25, 0.3) is 0 Å². The summed E-state index contributed by atoms with van der Waals surface area (Å²) in [5.74, 6) is 0. The van der Waals surface area contributed by atoms with E-state index in [9.17, 15) is 0 Å². The van der Waals surface area contributed by atoms with Crippen LogP contribution in [0.5, 0.6) is 0 Å². The van der Waals surface area contributed by atoms with Gasteiger partial charge in [0.25, 0.3) is 0 Å². The summed E-state index contributed by atoms with van der Waals surface area (Å²) < 4.78 is 0. The second kappa shape index (κ2) is 5.34. The molecule has 0 bridgehead atoms. The van der Waals surface area contributed by atoms with Crippen LogP contribution >= 0.6 is 0 Å². The van der Waals surface area contributed by atoms with E-state index in [2.05, 4.69) is 13.8 Å². The standard InChI is InChI=1S/C11H21N/c1-3-4-7-10(2)12-11-8-5-6-9-11/h11H,3-9H2,1-2H3. The molecule has 1 aliphatic carbocycles. The fourth-order valence-corrected chi connectivity index (χ4v) is 1.84. The van der Waals surface area contributed by atoms with E-state index < -0.39 is 0 Å². The molecule has 0 radical (unpaired) electrons. The lowest BCUT2D eigenvalue weighted by Gasteiger charge is -2.04. The Morgan fingerprint density at radius 1 is 1.33 bits per heavy atom. The van der Waals surface area contributed by atoms with Gasteiger partial charge in [0.15, 0.2) is 0 Å². The third-order valence-electron chi connectivity index (χ3n) is 2.62. The lowest BCUT2D eigenvalue weighted by molar-refractivity contribution is 0.699. The van der Waals surface area contributed by atoms with E-state index in [0.717, 1.165) is 0 Å². The molecule has 0 N–H and O–H groups in total. The zero-order valence-corrected chi connectivity index (χ0v) is 8.47. The van der Waals surface area contributed by atoms with Crippen molar-refractivity contribution in [3.05, 3.63) is 0 Å². The Kier molecular flexibility index (Phi) is 4.34. The van der Waals surface area contributed by atoms with E-state index in [1.807, 2.05) is 0 Å². The van der Waals surface area contributed by atoms with Crippen molar-refractivity contribution in [3.63, 3.8) is 0 Å². The van der Waals surface area contributed by atoms with E-state index in [0.29, 0.717) is 6.04 Å². The van der Waals surface area contributed by atoms with Gasteiger partial charge < -0.3 is 0 Å². The minimum absolute atomic E-state index is 0.682. The maximum Gasteiger partial charge on any atom is 0.0498 e.